The number of hydrogen-bond donors (Lipinski definition) is 1. The van der Waals surface area contributed by atoms with Crippen LogP contribution in [0.25, 0.3) is 6.08 Å². The third-order valence-corrected chi connectivity index (χ3v) is 4.98. The maximum absolute atomic E-state index is 12.2. The van der Waals surface area contributed by atoms with Crippen LogP contribution in [0.15, 0.2) is 24.3 Å². The van der Waals surface area contributed by atoms with Crippen LogP contribution in [0.3, 0.4) is 0 Å². The highest BCUT2D eigenvalue weighted by Gasteiger charge is 2.18. The Hall–Kier alpha value is -2.01. The van der Waals surface area contributed by atoms with E-state index in [1.807, 2.05) is 38.4 Å². The van der Waals surface area contributed by atoms with Gasteiger partial charge >= 0.3 is 0 Å². The van der Waals surface area contributed by atoms with E-state index < -0.39 is 0 Å². The molecule has 1 aromatic carbocycles. The van der Waals surface area contributed by atoms with Gasteiger partial charge in [-0.2, -0.15) is 0 Å². The Bertz CT molecular complexity index is 620. The Morgan fingerprint density at radius 3 is 2.63 bits per heavy atom. The molecule has 1 saturated carbocycles. The van der Waals surface area contributed by atoms with Gasteiger partial charge in [0, 0.05) is 18.7 Å². The van der Waals surface area contributed by atoms with E-state index in [4.69, 9.17) is 9.47 Å². The minimum Gasteiger partial charge on any atom is -0.493 e. The van der Waals surface area contributed by atoms with Gasteiger partial charge in [-0.15, -0.1) is 0 Å². The molecule has 0 aromatic heterocycles. The largest absolute Gasteiger partial charge is 0.493 e. The zero-order valence-electron chi connectivity index (χ0n) is 17.2. The third-order valence-electron chi connectivity index (χ3n) is 4.98. The summed E-state index contributed by atoms with van der Waals surface area (Å²) >= 11 is 0. The molecule has 0 unspecified atom stereocenters. The van der Waals surface area contributed by atoms with Crippen molar-refractivity contribution >= 4 is 12.0 Å². The number of ether oxygens (including phenoxy) is 2. The second-order valence-corrected chi connectivity index (χ2v) is 7.71. The summed E-state index contributed by atoms with van der Waals surface area (Å²) in [6.45, 7) is 3.91. The average Bonchev–Trinajstić information content (AvgIpc) is 2.65. The fourth-order valence-electron chi connectivity index (χ4n) is 3.30. The quantitative estimate of drug-likeness (QED) is 0.528. The van der Waals surface area contributed by atoms with Crippen molar-refractivity contribution in [3.05, 3.63) is 29.8 Å². The minimum absolute atomic E-state index is 0.0301. The first kappa shape index (κ1) is 21.3. The molecule has 1 fully saturated rings. The van der Waals surface area contributed by atoms with Crippen molar-refractivity contribution in [1.82, 2.24) is 10.2 Å². The van der Waals surface area contributed by atoms with Gasteiger partial charge in [0.2, 0.25) is 5.91 Å². The van der Waals surface area contributed by atoms with E-state index in [-0.39, 0.29) is 5.91 Å². The average molecular weight is 375 g/mol. The fourth-order valence-corrected chi connectivity index (χ4v) is 3.30. The molecule has 0 spiro atoms. The lowest BCUT2D eigenvalue weighted by Crippen LogP contribution is -2.36. The summed E-state index contributed by atoms with van der Waals surface area (Å²) in [4.78, 5) is 14.3. The van der Waals surface area contributed by atoms with E-state index in [1.165, 1.54) is 12.8 Å². The van der Waals surface area contributed by atoms with Crippen LogP contribution in [0.4, 0.5) is 0 Å². The molecule has 0 saturated heterocycles. The van der Waals surface area contributed by atoms with E-state index in [0.717, 1.165) is 43.0 Å². The lowest BCUT2D eigenvalue weighted by molar-refractivity contribution is -0.117. The molecule has 150 valence electrons. The van der Waals surface area contributed by atoms with Crippen molar-refractivity contribution in [2.24, 2.45) is 5.92 Å². The van der Waals surface area contributed by atoms with Gasteiger partial charge in [-0.25, -0.2) is 0 Å². The monoisotopic (exact) mass is 374 g/mol. The lowest BCUT2D eigenvalue weighted by atomic mass is 9.87. The molecule has 2 rings (SSSR count). The summed E-state index contributed by atoms with van der Waals surface area (Å²) in [6.07, 6.45) is 8.92. The maximum Gasteiger partial charge on any atom is 0.244 e. The number of carbonyl (C=O) groups excluding carboxylic acids is 1. The van der Waals surface area contributed by atoms with E-state index in [0.29, 0.717) is 18.4 Å². The zero-order valence-corrected chi connectivity index (χ0v) is 17.2. The maximum atomic E-state index is 12.2. The van der Waals surface area contributed by atoms with Crippen LogP contribution in [0.2, 0.25) is 0 Å². The zero-order chi connectivity index (χ0) is 19.6. The van der Waals surface area contributed by atoms with Gasteiger partial charge in [-0.3, -0.25) is 4.79 Å². The second-order valence-electron chi connectivity index (χ2n) is 7.71. The van der Waals surface area contributed by atoms with Crippen LogP contribution in [0.1, 0.15) is 44.6 Å². The first-order valence-corrected chi connectivity index (χ1v) is 9.92. The van der Waals surface area contributed by atoms with E-state index >= 15 is 0 Å². The van der Waals surface area contributed by atoms with Crippen molar-refractivity contribution < 1.29 is 14.3 Å². The predicted molar refractivity (Wildman–Crippen MR) is 110 cm³/mol. The van der Waals surface area contributed by atoms with Crippen LogP contribution in [0.5, 0.6) is 11.5 Å². The van der Waals surface area contributed by atoms with Gasteiger partial charge in [-0.05, 0) is 75.9 Å². The molecule has 1 N–H and O–H groups in total. The van der Waals surface area contributed by atoms with Gasteiger partial charge in [0.1, 0.15) is 0 Å². The SMILES string of the molecule is COc1cc(/C=C/C(=O)NC2CCC(C)CC2)ccc1OCCCN(C)C. The molecule has 0 aliphatic heterocycles. The molecular formula is C22H34N2O3. The second kappa shape index (κ2) is 11.0. The number of benzene rings is 1. The molecule has 1 aliphatic carbocycles. The molecule has 1 aromatic rings. The Morgan fingerprint density at radius 2 is 1.96 bits per heavy atom. The van der Waals surface area contributed by atoms with Gasteiger partial charge in [0.25, 0.3) is 0 Å². The highest BCUT2D eigenvalue weighted by Crippen LogP contribution is 2.28. The van der Waals surface area contributed by atoms with Crippen LogP contribution < -0.4 is 14.8 Å². The van der Waals surface area contributed by atoms with Gasteiger partial charge in [0.15, 0.2) is 11.5 Å². The summed E-state index contributed by atoms with van der Waals surface area (Å²) in [6, 6.07) is 6.04. The molecule has 0 atom stereocenters. The third kappa shape index (κ3) is 7.63. The minimum atomic E-state index is -0.0301. The summed E-state index contributed by atoms with van der Waals surface area (Å²) in [5.74, 6) is 2.17. The smallest absolute Gasteiger partial charge is 0.244 e. The number of rotatable bonds is 9. The number of methoxy groups -OCH3 is 1. The standard InChI is InChI=1S/C22H34N2O3/c1-17-6-10-19(11-7-17)23-22(25)13-9-18-8-12-20(21(16-18)26-4)27-15-5-14-24(2)3/h8-9,12-13,16-17,19H,5-7,10-11,14-15H2,1-4H3,(H,23,25)/b13-9+. The van der Waals surface area contributed by atoms with Gasteiger partial charge < -0.3 is 19.7 Å². The lowest BCUT2D eigenvalue weighted by Gasteiger charge is -2.26. The van der Waals surface area contributed by atoms with E-state index in [1.54, 1.807) is 13.2 Å². The Balaban J connectivity index is 1.86. The Morgan fingerprint density at radius 1 is 1.22 bits per heavy atom. The molecule has 5 heteroatoms. The summed E-state index contributed by atoms with van der Waals surface area (Å²) < 4.78 is 11.2. The van der Waals surface area contributed by atoms with Crippen molar-refractivity contribution in [3.63, 3.8) is 0 Å². The predicted octanol–water partition coefficient (Wildman–Crippen LogP) is 3.73. The Labute approximate surface area is 163 Å². The molecule has 5 nitrogen and oxygen atoms in total. The van der Waals surface area contributed by atoms with Crippen LogP contribution >= 0.6 is 0 Å². The molecule has 0 bridgehead atoms. The highest BCUT2D eigenvalue weighted by molar-refractivity contribution is 5.92. The number of amides is 1. The normalized spacial score (nSPS) is 20.0. The van der Waals surface area contributed by atoms with Crippen molar-refractivity contribution in [1.29, 1.82) is 0 Å². The molecule has 0 radical (unpaired) electrons. The highest BCUT2D eigenvalue weighted by atomic mass is 16.5. The van der Waals surface area contributed by atoms with Crippen LogP contribution in [0, 0.1) is 5.92 Å². The summed E-state index contributed by atoms with van der Waals surface area (Å²) in [5, 5.41) is 3.11. The molecule has 1 aliphatic rings. The molecule has 27 heavy (non-hydrogen) atoms. The molecule has 1 amide bonds. The fraction of sp³-hybridized carbons (Fsp3) is 0.591. The number of hydrogen-bond acceptors (Lipinski definition) is 4. The van der Waals surface area contributed by atoms with Crippen molar-refractivity contribution in [2.45, 2.75) is 45.1 Å². The summed E-state index contributed by atoms with van der Waals surface area (Å²) in [5.41, 5.74) is 0.917. The van der Waals surface area contributed by atoms with Crippen LogP contribution in [-0.2, 0) is 4.79 Å². The van der Waals surface area contributed by atoms with E-state index in [9.17, 15) is 4.79 Å². The van der Waals surface area contributed by atoms with Gasteiger partial charge in [0.05, 0.1) is 13.7 Å². The van der Waals surface area contributed by atoms with Crippen LogP contribution in [-0.4, -0.2) is 51.2 Å². The number of nitrogens with zero attached hydrogens (tertiary/aromatic N) is 1. The molecular weight excluding hydrogens is 340 g/mol. The van der Waals surface area contributed by atoms with E-state index in [2.05, 4.69) is 17.1 Å². The Kier molecular flexibility index (Phi) is 8.65. The van der Waals surface area contributed by atoms with Crippen molar-refractivity contribution in [2.75, 3.05) is 34.4 Å². The summed E-state index contributed by atoms with van der Waals surface area (Å²) in [7, 11) is 5.73. The van der Waals surface area contributed by atoms with Crippen molar-refractivity contribution in [3.8, 4) is 11.5 Å². The first-order valence-electron chi connectivity index (χ1n) is 9.92. The topological polar surface area (TPSA) is 50.8 Å². The number of nitrogens with one attached hydrogen (secondary N) is 1. The first-order chi connectivity index (χ1) is 13.0. The molecule has 0 heterocycles. The number of carbonyl (C=O) groups is 1. The van der Waals surface area contributed by atoms with Gasteiger partial charge in [-0.1, -0.05) is 13.0 Å².